The number of nitro benzene ring substituents is 1. The summed E-state index contributed by atoms with van der Waals surface area (Å²) in [6.45, 7) is 0. The molecule has 0 bridgehead atoms. The molecule has 2 amide bonds. The molecule has 0 radical (unpaired) electrons. The molecule has 3 aromatic rings. The number of nitro groups is 1. The Bertz CT molecular complexity index is 1340. The largest absolute Gasteiger partial charge is 0.457 e. The van der Waals surface area contributed by atoms with Gasteiger partial charge in [0.15, 0.2) is 5.11 Å². The number of hydrogen-bond donors (Lipinski definition) is 1. The van der Waals surface area contributed by atoms with Crippen LogP contribution in [-0.4, -0.2) is 21.9 Å². The van der Waals surface area contributed by atoms with E-state index in [1.54, 1.807) is 30.3 Å². The summed E-state index contributed by atoms with van der Waals surface area (Å²) in [5, 5.41) is 13.8. The summed E-state index contributed by atoms with van der Waals surface area (Å²) in [5.41, 5.74) is 0.441. The Labute approximate surface area is 199 Å². The van der Waals surface area contributed by atoms with Crippen molar-refractivity contribution in [3.05, 3.63) is 85.5 Å². The third kappa shape index (κ3) is 4.20. The summed E-state index contributed by atoms with van der Waals surface area (Å²) in [4.78, 5) is 37.2. The van der Waals surface area contributed by atoms with Crippen LogP contribution in [0, 0.1) is 10.1 Å². The van der Waals surface area contributed by atoms with Gasteiger partial charge in [0.2, 0.25) is 0 Å². The summed E-state index contributed by atoms with van der Waals surface area (Å²) in [5.74, 6) is -0.863. The highest BCUT2D eigenvalue weighted by molar-refractivity contribution is 9.10. The highest BCUT2D eigenvalue weighted by Gasteiger charge is 2.34. The molecular formula is C21H11BrClN3O5S. The molecule has 1 fully saturated rings. The van der Waals surface area contributed by atoms with Crippen LogP contribution in [-0.2, 0) is 9.59 Å². The first-order valence-corrected chi connectivity index (χ1v) is 10.5. The Balaban J connectivity index is 1.70. The smallest absolute Gasteiger partial charge is 0.270 e. The second-order valence-electron chi connectivity index (χ2n) is 6.56. The van der Waals surface area contributed by atoms with E-state index in [0.717, 1.165) is 4.47 Å². The van der Waals surface area contributed by atoms with E-state index in [2.05, 4.69) is 21.2 Å². The third-order valence-corrected chi connectivity index (χ3v) is 5.62. The second kappa shape index (κ2) is 8.65. The maximum Gasteiger partial charge on any atom is 0.270 e. The fourth-order valence-corrected chi connectivity index (χ4v) is 3.92. The predicted molar refractivity (Wildman–Crippen MR) is 126 cm³/mol. The van der Waals surface area contributed by atoms with Crippen molar-refractivity contribution in [2.75, 3.05) is 4.90 Å². The zero-order chi connectivity index (χ0) is 23.0. The summed E-state index contributed by atoms with van der Waals surface area (Å²) >= 11 is 14.7. The highest BCUT2D eigenvalue weighted by atomic mass is 79.9. The van der Waals surface area contributed by atoms with Crippen LogP contribution >= 0.6 is 39.7 Å². The Kier molecular flexibility index (Phi) is 5.92. The van der Waals surface area contributed by atoms with Gasteiger partial charge in [-0.1, -0.05) is 33.6 Å². The molecule has 1 aliphatic rings. The summed E-state index contributed by atoms with van der Waals surface area (Å²) in [6.07, 6.45) is 1.28. The lowest BCUT2D eigenvalue weighted by atomic mass is 10.1. The van der Waals surface area contributed by atoms with Gasteiger partial charge in [-0.3, -0.25) is 29.9 Å². The number of amides is 2. The van der Waals surface area contributed by atoms with Gasteiger partial charge in [-0.2, -0.15) is 0 Å². The Morgan fingerprint density at radius 3 is 2.66 bits per heavy atom. The maximum atomic E-state index is 13.1. The first-order valence-electron chi connectivity index (χ1n) is 8.96. The van der Waals surface area contributed by atoms with Crippen molar-refractivity contribution < 1.29 is 18.9 Å². The van der Waals surface area contributed by atoms with Gasteiger partial charge in [-0.15, -0.1) is 0 Å². The normalized spacial score (nSPS) is 15.2. The van der Waals surface area contributed by atoms with E-state index in [9.17, 15) is 19.7 Å². The number of furan rings is 1. The average molecular weight is 533 g/mol. The van der Waals surface area contributed by atoms with Crippen LogP contribution < -0.4 is 10.2 Å². The molecule has 2 heterocycles. The van der Waals surface area contributed by atoms with Crippen LogP contribution in [0.3, 0.4) is 0 Å². The molecule has 11 heteroatoms. The molecule has 1 aliphatic heterocycles. The monoisotopic (exact) mass is 531 g/mol. The van der Waals surface area contributed by atoms with Crippen LogP contribution in [0.5, 0.6) is 0 Å². The molecule has 4 rings (SSSR count). The minimum absolute atomic E-state index is 0.0428. The minimum Gasteiger partial charge on any atom is -0.457 e. The van der Waals surface area contributed by atoms with Gasteiger partial charge < -0.3 is 4.42 Å². The number of thiocarbonyl (C=S) groups is 1. The molecule has 160 valence electrons. The van der Waals surface area contributed by atoms with Gasteiger partial charge in [-0.05, 0) is 54.7 Å². The topological polar surface area (TPSA) is 106 Å². The predicted octanol–water partition coefficient (Wildman–Crippen LogP) is 5.10. The summed E-state index contributed by atoms with van der Waals surface area (Å²) in [6, 6.07) is 13.9. The second-order valence-corrected chi connectivity index (χ2v) is 8.27. The van der Waals surface area contributed by atoms with Gasteiger partial charge >= 0.3 is 0 Å². The fourth-order valence-electron chi connectivity index (χ4n) is 3.04. The lowest BCUT2D eigenvalue weighted by molar-refractivity contribution is -0.384. The first-order chi connectivity index (χ1) is 15.2. The summed E-state index contributed by atoms with van der Waals surface area (Å²) < 4.78 is 6.43. The van der Waals surface area contributed by atoms with Gasteiger partial charge in [0.05, 0.1) is 15.6 Å². The van der Waals surface area contributed by atoms with Crippen molar-refractivity contribution in [3.63, 3.8) is 0 Å². The van der Waals surface area contributed by atoms with Crippen LogP contribution in [0.2, 0.25) is 5.02 Å². The van der Waals surface area contributed by atoms with Crippen molar-refractivity contribution >= 4 is 74.1 Å². The van der Waals surface area contributed by atoms with E-state index in [-0.39, 0.29) is 32.9 Å². The number of nitrogens with one attached hydrogen (secondary N) is 1. The van der Waals surface area contributed by atoms with E-state index < -0.39 is 16.7 Å². The molecule has 0 unspecified atom stereocenters. The van der Waals surface area contributed by atoms with E-state index in [1.165, 1.54) is 35.2 Å². The average Bonchev–Trinajstić information content (AvgIpc) is 3.19. The van der Waals surface area contributed by atoms with E-state index in [4.69, 9.17) is 28.2 Å². The SMILES string of the molecule is O=C1NC(=S)N(c2cccc(Br)c2)C(=O)/C1=C/c1ccc(-c2cc([N+](=O)[O-])ccc2Cl)o1. The number of carbonyl (C=O) groups excluding carboxylic acids is 2. The molecule has 0 atom stereocenters. The number of carbonyl (C=O) groups is 2. The number of non-ortho nitro benzene ring substituents is 1. The van der Waals surface area contributed by atoms with Gasteiger partial charge in [0.25, 0.3) is 17.5 Å². The molecule has 32 heavy (non-hydrogen) atoms. The van der Waals surface area contributed by atoms with Crippen molar-refractivity contribution in [1.29, 1.82) is 0 Å². The Morgan fingerprint density at radius 2 is 1.94 bits per heavy atom. The Hall–Kier alpha value is -3.34. The zero-order valence-electron chi connectivity index (χ0n) is 15.9. The van der Waals surface area contributed by atoms with Gasteiger partial charge in [0.1, 0.15) is 17.1 Å². The standard InChI is InChI=1S/C21H11BrClN3O5S/c22-11-2-1-3-12(8-11)25-20(28)16(19(27)24-21(25)32)10-14-5-7-18(31-14)15-9-13(26(29)30)4-6-17(15)23/h1-10H,(H,24,27,32)/b16-10+. The number of nitrogens with zero attached hydrogens (tertiary/aromatic N) is 2. The fraction of sp³-hybridized carbons (Fsp3) is 0. The van der Waals surface area contributed by atoms with E-state index in [1.807, 2.05) is 0 Å². The quantitative estimate of drug-likeness (QED) is 0.165. The van der Waals surface area contributed by atoms with Gasteiger partial charge in [-0.25, -0.2) is 0 Å². The van der Waals surface area contributed by atoms with Crippen LogP contribution in [0.25, 0.3) is 17.4 Å². The molecule has 8 nitrogen and oxygen atoms in total. The van der Waals surface area contributed by atoms with Crippen molar-refractivity contribution in [2.24, 2.45) is 0 Å². The molecule has 1 aromatic heterocycles. The zero-order valence-corrected chi connectivity index (χ0v) is 19.0. The van der Waals surface area contributed by atoms with Crippen LogP contribution in [0.4, 0.5) is 11.4 Å². The molecular weight excluding hydrogens is 522 g/mol. The lowest BCUT2D eigenvalue weighted by Crippen LogP contribution is -2.54. The van der Waals surface area contributed by atoms with Crippen LogP contribution in [0.15, 0.2) is 69.1 Å². The first kappa shape index (κ1) is 21.9. The molecule has 0 spiro atoms. The molecule has 1 N–H and O–H groups in total. The number of halogens is 2. The number of hydrogen-bond acceptors (Lipinski definition) is 6. The van der Waals surface area contributed by atoms with E-state index >= 15 is 0 Å². The number of rotatable bonds is 4. The van der Waals surface area contributed by atoms with Crippen molar-refractivity contribution in [2.45, 2.75) is 0 Å². The molecule has 1 saturated heterocycles. The lowest BCUT2D eigenvalue weighted by Gasteiger charge is -2.28. The molecule has 0 aliphatic carbocycles. The maximum absolute atomic E-state index is 13.1. The number of benzene rings is 2. The number of anilines is 1. The van der Waals surface area contributed by atoms with Crippen molar-refractivity contribution in [1.82, 2.24) is 5.32 Å². The van der Waals surface area contributed by atoms with Gasteiger partial charge in [0, 0.05) is 22.2 Å². The van der Waals surface area contributed by atoms with Crippen LogP contribution in [0.1, 0.15) is 5.76 Å². The Morgan fingerprint density at radius 1 is 1.16 bits per heavy atom. The third-order valence-electron chi connectivity index (χ3n) is 4.51. The molecule has 2 aromatic carbocycles. The van der Waals surface area contributed by atoms with Crippen molar-refractivity contribution in [3.8, 4) is 11.3 Å². The highest BCUT2D eigenvalue weighted by Crippen LogP contribution is 2.33. The summed E-state index contributed by atoms with van der Waals surface area (Å²) in [7, 11) is 0. The molecule has 0 saturated carbocycles. The minimum atomic E-state index is -0.669. The van der Waals surface area contributed by atoms with E-state index in [0.29, 0.717) is 11.3 Å².